The van der Waals surface area contributed by atoms with Gasteiger partial charge < -0.3 is 16.0 Å². The van der Waals surface area contributed by atoms with Crippen LogP contribution in [-0.4, -0.2) is 35.1 Å². The van der Waals surface area contributed by atoms with Crippen molar-refractivity contribution in [1.82, 2.24) is 9.97 Å². The summed E-state index contributed by atoms with van der Waals surface area (Å²) in [6.45, 7) is 9.16. The minimum absolute atomic E-state index is 0.272. The number of anilines is 2. The normalized spacial score (nSPS) is 38.3. The fourth-order valence-electron chi connectivity index (χ4n) is 5.10. The lowest BCUT2D eigenvalue weighted by Crippen LogP contribution is -2.58. The van der Waals surface area contributed by atoms with E-state index in [1.165, 1.54) is 12.8 Å². The van der Waals surface area contributed by atoms with Crippen LogP contribution in [0, 0.1) is 23.2 Å². The van der Waals surface area contributed by atoms with Gasteiger partial charge in [-0.3, -0.25) is 0 Å². The van der Waals surface area contributed by atoms with Gasteiger partial charge in [-0.15, -0.1) is 0 Å². The molecule has 2 bridgehead atoms. The highest BCUT2D eigenvalue weighted by atomic mass is 15.3. The lowest BCUT2D eigenvalue weighted by Gasteiger charge is -2.62. The molecule has 1 aromatic heterocycles. The summed E-state index contributed by atoms with van der Waals surface area (Å²) in [5.41, 5.74) is 6.53. The maximum Gasteiger partial charge on any atom is 0.224 e. The molecule has 1 aliphatic heterocycles. The van der Waals surface area contributed by atoms with E-state index in [0.29, 0.717) is 17.4 Å². The summed E-state index contributed by atoms with van der Waals surface area (Å²) in [5.74, 6) is 4.14. The van der Waals surface area contributed by atoms with Crippen molar-refractivity contribution in [2.24, 2.45) is 28.9 Å². The van der Waals surface area contributed by atoms with Crippen molar-refractivity contribution in [3.8, 4) is 0 Å². The molecule has 1 aromatic rings. The molecule has 0 unspecified atom stereocenters. The van der Waals surface area contributed by atoms with E-state index in [1.807, 2.05) is 12.3 Å². The first kappa shape index (κ1) is 15.2. The second-order valence-electron chi connectivity index (χ2n) is 8.44. The Balaban J connectivity index is 1.46. The van der Waals surface area contributed by atoms with Crippen molar-refractivity contribution >= 4 is 11.8 Å². The molecule has 3 saturated carbocycles. The Hall–Kier alpha value is -1.36. The molecule has 5 rings (SSSR count). The van der Waals surface area contributed by atoms with Gasteiger partial charge in [0.1, 0.15) is 5.82 Å². The molecular formula is C18H29N5. The molecule has 23 heavy (non-hydrogen) atoms. The number of hydrogen-bond acceptors (Lipinski definition) is 5. The Bertz CT molecular complexity index is 587. The van der Waals surface area contributed by atoms with Crippen molar-refractivity contribution in [2.45, 2.75) is 52.1 Å². The fourth-order valence-corrected chi connectivity index (χ4v) is 5.10. The molecule has 5 atom stereocenters. The summed E-state index contributed by atoms with van der Waals surface area (Å²) in [5, 5.41) is 3.62. The summed E-state index contributed by atoms with van der Waals surface area (Å²) in [7, 11) is 0. The summed E-state index contributed by atoms with van der Waals surface area (Å²) < 4.78 is 0. The van der Waals surface area contributed by atoms with Crippen LogP contribution in [0.5, 0.6) is 0 Å². The van der Waals surface area contributed by atoms with Crippen molar-refractivity contribution in [3.63, 3.8) is 0 Å². The number of nitrogens with one attached hydrogen (secondary N) is 1. The molecule has 3 aliphatic carbocycles. The van der Waals surface area contributed by atoms with Gasteiger partial charge >= 0.3 is 0 Å². The highest BCUT2D eigenvalue weighted by molar-refractivity contribution is 5.44. The molecule has 2 heterocycles. The maximum atomic E-state index is 6.01. The molecule has 4 aliphatic rings. The van der Waals surface area contributed by atoms with E-state index in [-0.39, 0.29) is 6.04 Å². The Kier molecular flexibility index (Phi) is 3.52. The van der Waals surface area contributed by atoms with Gasteiger partial charge in [-0.25, -0.2) is 4.98 Å². The smallest absolute Gasteiger partial charge is 0.224 e. The lowest BCUT2D eigenvalue weighted by atomic mass is 9.45. The van der Waals surface area contributed by atoms with Crippen LogP contribution in [0.3, 0.4) is 0 Å². The Labute approximate surface area is 139 Å². The standard InChI is InChI=1S/C18H29N5/c1-11-14-8-12(18(14,2)3)9-15(11)21-17-20-6-4-16(22-17)23-7-5-13(19)10-23/h4,6,11-15H,5,7-10,19H2,1-3H3,(H,20,21,22)/t11-,12+,13+,14-,15-/m0/s1. The maximum absolute atomic E-state index is 6.01. The number of nitrogens with zero attached hydrogens (tertiary/aromatic N) is 3. The van der Waals surface area contributed by atoms with Crippen LogP contribution in [0.2, 0.25) is 0 Å². The average molecular weight is 315 g/mol. The molecule has 126 valence electrons. The summed E-state index contributed by atoms with van der Waals surface area (Å²) >= 11 is 0. The second kappa shape index (κ2) is 5.33. The summed E-state index contributed by atoms with van der Waals surface area (Å²) in [6, 6.07) is 2.77. The third-order valence-corrected chi connectivity index (χ3v) is 6.86. The predicted molar refractivity (Wildman–Crippen MR) is 93.4 cm³/mol. The first-order chi connectivity index (χ1) is 10.9. The van der Waals surface area contributed by atoms with E-state index in [9.17, 15) is 0 Å². The van der Waals surface area contributed by atoms with Gasteiger partial charge in [0.05, 0.1) is 0 Å². The van der Waals surface area contributed by atoms with Crippen molar-refractivity contribution < 1.29 is 0 Å². The quantitative estimate of drug-likeness (QED) is 0.897. The van der Waals surface area contributed by atoms with Gasteiger partial charge in [-0.05, 0) is 48.5 Å². The first-order valence-corrected chi connectivity index (χ1v) is 9.05. The largest absolute Gasteiger partial charge is 0.355 e. The van der Waals surface area contributed by atoms with E-state index in [2.05, 4.69) is 36.0 Å². The minimum atomic E-state index is 0.272. The van der Waals surface area contributed by atoms with Gasteiger partial charge in [0, 0.05) is 31.4 Å². The Morgan fingerprint density at radius 2 is 2.17 bits per heavy atom. The van der Waals surface area contributed by atoms with Crippen LogP contribution < -0.4 is 16.0 Å². The lowest BCUT2D eigenvalue weighted by molar-refractivity contribution is -0.105. The molecule has 5 nitrogen and oxygen atoms in total. The van der Waals surface area contributed by atoms with E-state index in [0.717, 1.165) is 43.1 Å². The zero-order valence-electron chi connectivity index (χ0n) is 14.5. The van der Waals surface area contributed by atoms with Gasteiger partial charge in [0.15, 0.2) is 0 Å². The first-order valence-electron chi connectivity index (χ1n) is 9.05. The molecule has 0 amide bonds. The molecule has 5 heteroatoms. The predicted octanol–water partition coefficient (Wildman–Crippen LogP) is 2.50. The molecule has 0 radical (unpaired) electrons. The molecule has 4 fully saturated rings. The number of nitrogens with two attached hydrogens (primary N) is 1. The summed E-state index contributed by atoms with van der Waals surface area (Å²) in [4.78, 5) is 11.5. The van der Waals surface area contributed by atoms with E-state index in [1.54, 1.807) is 0 Å². The summed E-state index contributed by atoms with van der Waals surface area (Å²) in [6.07, 6.45) is 5.56. The van der Waals surface area contributed by atoms with Crippen molar-refractivity contribution in [1.29, 1.82) is 0 Å². The van der Waals surface area contributed by atoms with Crippen molar-refractivity contribution in [3.05, 3.63) is 12.3 Å². The topological polar surface area (TPSA) is 67.1 Å². The Morgan fingerprint density at radius 1 is 1.35 bits per heavy atom. The van der Waals surface area contributed by atoms with Gasteiger partial charge in [0.25, 0.3) is 0 Å². The van der Waals surface area contributed by atoms with E-state index in [4.69, 9.17) is 10.7 Å². The van der Waals surface area contributed by atoms with Crippen LogP contribution in [-0.2, 0) is 0 Å². The van der Waals surface area contributed by atoms with Crippen LogP contribution in [0.25, 0.3) is 0 Å². The van der Waals surface area contributed by atoms with Gasteiger partial charge in [0.2, 0.25) is 5.95 Å². The zero-order valence-corrected chi connectivity index (χ0v) is 14.5. The van der Waals surface area contributed by atoms with Gasteiger partial charge in [-0.2, -0.15) is 4.98 Å². The van der Waals surface area contributed by atoms with Crippen molar-refractivity contribution in [2.75, 3.05) is 23.3 Å². The monoisotopic (exact) mass is 315 g/mol. The molecule has 0 spiro atoms. The van der Waals surface area contributed by atoms with E-state index < -0.39 is 0 Å². The average Bonchev–Trinajstić information content (AvgIpc) is 2.95. The number of aromatic nitrogens is 2. The number of fused-ring (bicyclic) bond motifs is 2. The second-order valence-corrected chi connectivity index (χ2v) is 8.44. The molecular weight excluding hydrogens is 286 g/mol. The van der Waals surface area contributed by atoms with Crippen LogP contribution >= 0.6 is 0 Å². The van der Waals surface area contributed by atoms with E-state index >= 15 is 0 Å². The van der Waals surface area contributed by atoms with Crippen LogP contribution in [0.1, 0.15) is 40.0 Å². The van der Waals surface area contributed by atoms with Crippen LogP contribution in [0.15, 0.2) is 12.3 Å². The highest BCUT2D eigenvalue weighted by Gasteiger charge is 2.56. The fraction of sp³-hybridized carbons (Fsp3) is 0.778. The highest BCUT2D eigenvalue weighted by Crippen LogP contribution is 2.61. The SMILES string of the molecule is C[C@@H]1[C@@H](Nc2nccc(N3CC[C@@H](N)C3)n2)C[C@H]2C[C@@H]1C2(C)C. The van der Waals surface area contributed by atoms with Crippen LogP contribution in [0.4, 0.5) is 11.8 Å². The number of hydrogen-bond donors (Lipinski definition) is 2. The molecule has 3 N–H and O–H groups in total. The molecule has 1 saturated heterocycles. The minimum Gasteiger partial charge on any atom is -0.355 e. The number of rotatable bonds is 3. The third kappa shape index (κ3) is 2.49. The van der Waals surface area contributed by atoms with Gasteiger partial charge in [-0.1, -0.05) is 20.8 Å². The third-order valence-electron chi connectivity index (χ3n) is 6.86. The molecule has 0 aromatic carbocycles. The zero-order chi connectivity index (χ0) is 16.2. The Morgan fingerprint density at radius 3 is 2.83 bits per heavy atom.